The Labute approximate surface area is 149 Å². The van der Waals surface area contributed by atoms with Gasteiger partial charge < -0.3 is 15.8 Å². The Bertz CT molecular complexity index is 916. The molecule has 9 nitrogen and oxygen atoms in total. The Hall–Kier alpha value is -3.62. The van der Waals surface area contributed by atoms with Crippen molar-refractivity contribution in [3.8, 4) is 5.75 Å². The number of para-hydroxylation sites is 1. The second kappa shape index (κ2) is 7.51. The van der Waals surface area contributed by atoms with E-state index in [1.54, 1.807) is 18.5 Å². The van der Waals surface area contributed by atoms with Crippen LogP contribution in [0.15, 0.2) is 48.8 Å². The Morgan fingerprint density at radius 2 is 1.92 bits per heavy atom. The lowest BCUT2D eigenvalue weighted by Crippen LogP contribution is -2.18. The topological polar surface area (TPSA) is 117 Å². The molecule has 134 valence electrons. The van der Waals surface area contributed by atoms with E-state index in [1.807, 2.05) is 37.3 Å². The SMILES string of the molecule is CCn1cc(NC(=O)c2ccn(COc3ccccc3)n2)c(C(N)=O)n1. The van der Waals surface area contributed by atoms with Gasteiger partial charge in [-0.1, -0.05) is 18.2 Å². The Balaban J connectivity index is 1.67. The smallest absolute Gasteiger partial charge is 0.276 e. The van der Waals surface area contributed by atoms with Crippen LogP contribution in [0.3, 0.4) is 0 Å². The number of rotatable bonds is 7. The Morgan fingerprint density at radius 1 is 1.15 bits per heavy atom. The van der Waals surface area contributed by atoms with Crippen LogP contribution in [0.1, 0.15) is 27.9 Å². The summed E-state index contributed by atoms with van der Waals surface area (Å²) in [5.41, 5.74) is 5.73. The number of hydrogen-bond donors (Lipinski definition) is 2. The van der Waals surface area contributed by atoms with Gasteiger partial charge in [0.15, 0.2) is 18.1 Å². The highest BCUT2D eigenvalue weighted by atomic mass is 16.5. The molecule has 0 radical (unpaired) electrons. The van der Waals surface area contributed by atoms with Crippen LogP contribution in [0.5, 0.6) is 5.75 Å². The summed E-state index contributed by atoms with van der Waals surface area (Å²) >= 11 is 0. The van der Waals surface area contributed by atoms with Crippen LogP contribution >= 0.6 is 0 Å². The number of aryl methyl sites for hydroxylation is 1. The number of anilines is 1. The van der Waals surface area contributed by atoms with Gasteiger partial charge in [0.25, 0.3) is 11.8 Å². The molecule has 0 bridgehead atoms. The fourth-order valence-electron chi connectivity index (χ4n) is 2.26. The summed E-state index contributed by atoms with van der Waals surface area (Å²) in [6.45, 7) is 2.57. The maximum atomic E-state index is 12.4. The standard InChI is InChI=1S/C17H18N6O3/c1-2-22-10-14(15(21-22)16(18)24)19-17(25)13-8-9-23(20-13)11-26-12-6-4-3-5-7-12/h3-10H,2,11H2,1H3,(H2,18,24)(H,19,25). The fraction of sp³-hybridized carbons (Fsp3) is 0.176. The molecule has 9 heteroatoms. The van der Waals surface area contributed by atoms with Crippen molar-refractivity contribution in [2.45, 2.75) is 20.2 Å². The monoisotopic (exact) mass is 354 g/mol. The van der Waals surface area contributed by atoms with Gasteiger partial charge in [0.1, 0.15) is 5.75 Å². The minimum atomic E-state index is -0.714. The number of nitrogens with zero attached hydrogens (tertiary/aromatic N) is 4. The van der Waals surface area contributed by atoms with Crippen LogP contribution in [-0.4, -0.2) is 31.4 Å². The zero-order valence-electron chi connectivity index (χ0n) is 14.1. The summed E-state index contributed by atoms with van der Waals surface area (Å²) < 4.78 is 8.57. The molecule has 0 aliphatic heterocycles. The van der Waals surface area contributed by atoms with E-state index in [1.165, 1.54) is 9.36 Å². The summed E-state index contributed by atoms with van der Waals surface area (Å²) in [7, 11) is 0. The van der Waals surface area contributed by atoms with Crippen LogP contribution < -0.4 is 15.8 Å². The molecule has 0 atom stereocenters. The maximum Gasteiger partial charge on any atom is 0.276 e. The highest BCUT2D eigenvalue weighted by Gasteiger charge is 2.18. The van der Waals surface area contributed by atoms with Crippen LogP contribution in [0.25, 0.3) is 0 Å². The first-order valence-electron chi connectivity index (χ1n) is 7.96. The lowest BCUT2D eigenvalue weighted by Gasteiger charge is -2.05. The number of hydrogen-bond acceptors (Lipinski definition) is 5. The first kappa shape index (κ1) is 17.2. The van der Waals surface area contributed by atoms with E-state index in [0.717, 1.165) is 0 Å². The van der Waals surface area contributed by atoms with E-state index in [-0.39, 0.29) is 23.8 Å². The lowest BCUT2D eigenvalue weighted by molar-refractivity contribution is 0.0995. The molecular weight excluding hydrogens is 336 g/mol. The van der Waals surface area contributed by atoms with Gasteiger partial charge >= 0.3 is 0 Å². The molecule has 0 saturated heterocycles. The van der Waals surface area contributed by atoms with Gasteiger partial charge in [-0.15, -0.1) is 0 Å². The van der Waals surface area contributed by atoms with Crippen molar-refractivity contribution in [1.29, 1.82) is 0 Å². The molecule has 0 aliphatic carbocycles. The summed E-state index contributed by atoms with van der Waals surface area (Å²) in [6.07, 6.45) is 3.18. The number of nitrogens with one attached hydrogen (secondary N) is 1. The largest absolute Gasteiger partial charge is 0.471 e. The van der Waals surface area contributed by atoms with Gasteiger partial charge in [0, 0.05) is 18.9 Å². The molecule has 3 aromatic rings. The summed E-state index contributed by atoms with van der Waals surface area (Å²) in [4.78, 5) is 23.8. The van der Waals surface area contributed by atoms with E-state index in [0.29, 0.717) is 12.3 Å². The summed E-state index contributed by atoms with van der Waals surface area (Å²) in [6, 6.07) is 10.8. The van der Waals surface area contributed by atoms with Gasteiger partial charge in [-0.25, -0.2) is 4.68 Å². The molecule has 0 unspecified atom stereocenters. The molecule has 2 heterocycles. The minimum absolute atomic E-state index is 0.00652. The normalized spacial score (nSPS) is 10.5. The molecule has 0 aliphatic rings. The number of benzene rings is 1. The van der Waals surface area contributed by atoms with Gasteiger partial charge in [-0.3, -0.25) is 14.3 Å². The summed E-state index contributed by atoms with van der Waals surface area (Å²) in [5, 5.41) is 10.8. The van der Waals surface area contributed by atoms with Gasteiger partial charge in [-0.2, -0.15) is 10.2 Å². The van der Waals surface area contributed by atoms with E-state index in [9.17, 15) is 9.59 Å². The number of carbonyl (C=O) groups is 2. The number of carbonyl (C=O) groups excluding carboxylic acids is 2. The van der Waals surface area contributed by atoms with Gasteiger partial charge in [-0.05, 0) is 25.1 Å². The second-order valence-electron chi connectivity index (χ2n) is 5.39. The van der Waals surface area contributed by atoms with Crippen molar-refractivity contribution in [1.82, 2.24) is 19.6 Å². The van der Waals surface area contributed by atoms with Gasteiger partial charge in [0.2, 0.25) is 0 Å². The van der Waals surface area contributed by atoms with Crippen LogP contribution in [0.4, 0.5) is 5.69 Å². The predicted octanol–water partition coefficient (Wildman–Crippen LogP) is 1.49. The van der Waals surface area contributed by atoms with E-state index < -0.39 is 11.8 Å². The third-order valence-corrected chi connectivity index (χ3v) is 3.55. The van der Waals surface area contributed by atoms with E-state index >= 15 is 0 Å². The maximum absolute atomic E-state index is 12.4. The molecule has 2 amide bonds. The van der Waals surface area contributed by atoms with Crippen molar-refractivity contribution in [2.24, 2.45) is 5.73 Å². The number of aromatic nitrogens is 4. The summed E-state index contributed by atoms with van der Waals surface area (Å²) in [5.74, 6) is -0.483. The van der Waals surface area contributed by atoms with Crippen molar-refractivity contribution in [3.63, 3.8) is 0 Å². The quantitative estimate of drug-likeness (QED) is 0.666. The van der Waals surface area contributed by atoms with Crippen molar-refractivity contribution >= 4 is 17.5 Å². The highest BCUT2D eigenvalue weighted by molar-refractivity contribution is 6.06. The van der Waals surface area contributed by atoms with Crippen molar-refractivity contribution in [2.75, 3.05) is 5.32 Å². The average molecular weight is 354 g/mol. The third kappa shape index (κ3) is 3.89. The Kier molecular flexibility index (Phi) is 4.97. The molecule has 0 fully saturated rings. The van der Waals surface area contributed by atoms with Crippen molar-refractivity contribution in [3.05, 3.63) is 60.2 Å². The number of amides is 2. The van der Waals surface area contributed by atoms with E-state index in [4.69, 9.17) is 10.5 Å². The zero-order valence-corrected chi connectivity index (χ0v) is 14.1. The first-order chi connectivity index (χ1) is 12.6. The number of ether oxygens (including phenoxy) is 1. The average Bonchev–Trinajstić information content (AvgIpc) is 3.27. The highest BCUT2D eigenvalue weighted by Crippen LogP contribution is 2.15. The third-order valence-electron chi connectivity index (χ3n) is 3.55. The first-order valence-corrected chi connectivity index (χ1v) is 7.96. The molecule has 26 heavy (non-hydrogen) atoms. The minimum Gasteiger partial charge on any atom is -0.471 e. The molecule has 0 saturated carbocycles. The molecule has 0 spiro atoms. The van der Waals surface area contributed by atoms with Crippen molar-refractivity contribution < 1.29 is 14.3 Å². The van der Waals surface area contributed by atoms with E-state index in [2.05, 4.69) is 15.5 Å². The van der Waals surface area contributed by atoms with Crippen LogP contribution in [0, 0.1) is 0 Å². The molecular formula is C17H18N6O3. The van der Waals surface area contributed by atoms with Gasteiger partial charge in [0.05, 0.1) is 5.69 Å². The number of nitrogens with two attached hydrogens (primary N) is 1. The lowest BCUT2D eigenvalue weighted by atomic mass is 10.3. The fourth-order valence-corrected chi connectivity index (χ4v) is 2.26. The molecule has 3 N–H and O–H groups in total. The second-order valence-corrected chi connectivity index (χ2v) is 5.39. The predicted molar refractivity (Wildman–Crippen MR) is 93.7 cm³/mol. The van der Waals surface area contributed by atoms with Crippen LogP contribution in [-0.2, 0) is 13.3 Å². The molecule has 1 aromatic carbocycles. The Morgan fingerprint density at radius 3 is 2.62 bits per heavy atom. The molecule has 2 aromatic heterocycles. The molecule has 3 rings (SSSR count). The zero-order chi connectivity index (χ0) is 18.5. The van der Waals surface area contributed by atoms with Crippen LogP contribution in [0.2, 0.25) is 0 Å². The number of primary amides is 1.